The predicted octanol–water partition coefficient (Wildman–Crippen LogP) is 1.58. The number of amides is 1. The largest absolute Gasteiger partial charge is 0.398 e. The molecule has 2 saturated heterocycles. The van der Waals surface area contributed by atoms with E-state index in [9.17, 15) is 4.79 Å². The van der Waals surface area contributed by atoms with Crippen molar-refractivity contribution in [2.24, 2.45) is 0 Å². The van der Waals surface area contributed by atoms with Gasteiger partial charge in [0, 0.05) is 31.4 Å². The van der Waals surface area contributed by atoms with Gasteiger partial charge in [0.05, 0.1) is 5.56 Å². The number of hydrogen-bond acceptors (Lipinski definition) is 3. The molecule has 2 N–H and O–H groups in total. The van der Waals surface area contributed by atoms with Crippen LogP contribution in [0.1, 0.15) is 29.6 Å². The molecule has 102 valence electrons. The third-order valence-corrected chi connectivity index (χ3v) is 4.28. The highest BCUT2D eigenvalue weighted by Crippen LogP contribution is 2.23. The number of carbonyl (C=O) groups excluding carboxylic acids is 1. The molecule has 3 rings (SSSR count). The summed E-state index contributed by atoms with van der Waals surface area (Å²) in [6.45, 7) is 4.02. The lowest BCUT2D eigenvalue weighted by atomic mass is 10.1. The quantitative estimate of drug-likeness (QED) is 0.779. The van der Waals surface area contributed by atoms with Crippen molar-refractivity contribution < 1.29 is 4.79 Å². The van der Waals surface area contributed by atoms with E-state index in [1.807, 2.05) is 23.1 Å². The first-order valence-electron chi connectivity index (χ1n) is 7.13. The highest BCUT2D eigenvalue weighted by molar-refractivity contribution is 5.99. The fourth-order valence-corrected chi connectivity index (χ4v) is 3.25. The molecule has 2 fully saturated rings. The maximum absolute atomic E-state index is 12.6. The molecule has 1 atom stereocenters. The van der Waals surface area contributed by atoms with Gasteiger partial charge in [0.1, 0.15) is 0 Å². The Hall–Kier alpha value is -1.55. The molecule has 2 aliphatic heterocycles. The van der Waals surface area contributed by atoms with Crippen molar-refractivity contribution in [1.82, 2.24) is 9.80 Å². The van der Waals surface area contributed by atoms with Gasteiger partial charge >= 0.3 is 0 Å². The number of hydrogen-bond donors (Lipinski definition) is 1. The van der Waals surface area contributed by atoms with Gasteiger partial charge in [-0.2, -0.15) is 0 Å². The van der Waals surface area contributed by atoms with Gasteiger partial charge in [0.15, 0.2) is 0 Å². The normalized spacial score (nSPS) is 24.0. The molecule has 0 bridgehead atoms. The van der Waals surface area contributed by atoms with Crippen LogP contribution in [0.4, 0.5) is 5.69 Å². The van der Waals surface area contributed by atoms with Crippen LogP contribution >= 0.6 is 0 Å². The minimum absolute atomic E-state index is 0.0897. The molecule has 0 spiro atoms. The lowest BCUT2D eigenvalue weighted by molar-refractivity contribution is 0.0744. The second-order valence-corrected chi connectivity index (χ2v) is 5.52. The zero-order valence-corrected chi connectivity index (χ0v) is 11.2. The Morgan fingerprint density at radius 1 is 1.16 bits per heavy atom. The van der Waals surface area contributed by atoms with Crippen molar-refractivity contribution in [3.8, 4) is 0 Å². The number of fused-ring (bicyclic) bond motifs is 1. The second kappa shape index (κ2) is 5.21. The molecular weight excluding hydrogens is 238 g/mol. The highest BCUT2D eigenvalue weighted by atomic mass is 16.2. The van der Waals surface area contributed by atoms with Crippen LogP contribution in [-0.4, -0.2) is 47.9 Å². The molecule has 0 aliphatic carbocycles. The number of nitrogens with zero attached hydrogens (tertiary/aromatic N) is 2. The maximum atomic E-state index is 12.6. The second-order valence-electron chi connectivity index (χ2n) is 5.52. The Labute approximate surface area is 114 Å². The van der Waals surface area contributed by atoms with E-state index in [-0.39, 0.29) is 5.91 Å². The van der Waals surface area contributed by atoms with Crippen molar-refractivity contribution in [3.05, 3.63) is 29.8 Å². The van der Waals surface area contributed by atoms with Gasteiger partial charge < -0.3 is 10.6 Å². The number of nitrogens with two attached hydrogens (primary N) is 1. The molecule has 2 heterocycles. The molecule has 0 aromatic heterocycles. The van der Waals surface area contributed by atoms with E-state index in [1.54, 1.807) is 6.07 Å². The first-order chi connectivity index (χ1) is 9.25. The Balaban J connectivity index is 1.78. The third-order valence-electron chi connectivity index (χ3n) is 4.28. The van der Waals surface area contributed by atoms with Crippen molar-refractivity contribution in [2.75, 3.05) is 31.9 Å². The van der Waals surface area contributed by atoms with E-state index in [0.717, 1.165) is 26.1 Å². The first-order valence-corrected chi connectivity index (χ1v) is 7.13. The van der Waals surface area contributed by atoms with Crippen molar-refractivity contribution in [1.29, 1.82) is 0 Å². The summed E-state index contributed by atoms with van der Waals surface area (Å²) in [5.74, 6) is 0.0897. The number of anilines is 1. The van der Waals surface area contributed by atoms with Gasteiger partial charge in [-0.3, -0.25) is 9.69 Å². The van der Waals surface area contributed by atoms with E-state index in [4.69, 9.17) is 5.73 Å². The molecule has 4 nitrogen and oxygen atoms in total. The van der Waals surface area contributed by atoms with Crippen LogP contribution in [0.25, 0.3) is 0 Å². The Bertz CT molecular complexity index is 474. The third kappa shape index (κ3) is 2.45. The number of rotatable bonds is 1. The molecular formula is C15H21N3O. The van der Waals surface area contributed by atoms with Gasteiger partial charge in [-0.15, -0.1) is 0 Å². The van der Waals surface area contributed by atoms with E-state index in [2.05, 4.69) is 4.90 Å². The standard InChI is InChI=1S/C15H21N3O/c16-14-7-2-1-6-13(14)15(19)18-10-4-9-17-8-3-5-12(17)11-18/h1-2,6-7,12H,3-5,8-11,16H2. The fourth-order valence-electron chi connectivity index (χ4n) is 3.25. The van der Waals surface area contributed by atoms with Crippen LogP contribution < -0.4 is 5.73 Å². The fraction of sp³-hybridized carbons (Fsp3) is 0.533. The van der Waals surface area contributed by atoms with E-state index in [0.29, 0.717) is 17.3 Å². The Morgan fingerprint density at radius 3 is 2.79 bits per heavy atom. The van der Waals surface area contributed by atoms with Crippen LogP contribution in [0.2, 0.25) is 0 Å². The molecule has 1 amide bonds. The molecule has 19 heavy (non-hydrogen) atoms. The van der Waals surface area contributed by atoms with Crippen molar-refractivity contribution in [2.45, 2.75) is 25.3 Å². The Morgan fingerprint density at radius 2 is 1.95 bits per heavy atom. The average Bonchev–Trinajstić information content (AvgIpc) is 2.76. The van der Waals surface area contributed by atoms with Crippen LogP contribution in [0, 0.1) is 0 Å². The van der Waals surface area contributed by atoms with E-state index >= 15 is 0 Å². The number of carbonyl (C=O) groups is 1. The molecule has 1 aromatic carbocycles. The predicted molar refractivity (Wildman–Crippen MR) is 76.0 cm³/mol. The molecule has 0 saturated carbocycles. The molecule has 0 radical (unpaired) electrons. The number of para-hydroxylation sites is 1. The van der Waals surface area contributed by atoms with Gasteiger partial charge in [-0.05, 0) is 37.9 Å². The molecule has 4 heteroatoms. The van der Waals surface area contributed by atoms with Crippen LogP contribution in [0.5, 0.6) is 0 Å². The zero-order valence-electron chi connectivity index (χ0n) is 11.2. The Kier molecular flexibility index (Phi) is 3.42. The summed E-state index contributed by atoms with van der Waals surface area (Å²) < 4.78 is 0. The maximum Gasteiger partial charge on any atom is 0.255 e. The van der Waals surface area contributed by atoms with Gasteiger partial charge in [0.25, 0.3) is 5.91 Å². The summed E-state index contributed by atoms with van der Waals surface area (Å²) in [5.41, 5.74) is 7.15. The summed E-state index contributed by atoms with van der Waals surface area (Å²) >= 11 is 0. The van der Waals surface area contributed by atoms with E-state index in [1.165, 1.54) is 19.4 Å². The smallest absolute Gasteiger partial charge is 0.255 e. The highest BCUT2D eigenvalue weighted by Gasteiger charge is 2.31. The summed E-state index contributed by atoms with van der Waals surface area (Å²) in [6.07, 6.45) is 3.54. The SMILES string of the molecule is Nc1ccccc1C(=O)N1CCCN2CCCC2C1. The number of benzene rings is 1. The lowest BCUT2D eigenvalue weighted by Crippen LogP contribution is -2.39. The molecule has 1 unspecified atom stereocenters. The van der Waals surface area contributed by atoms with Gasteiger partial charge in [-0.25, -0.2) is 0 Å². The lowest BCUT2D eigenvalue weighted by Gasteiger charge is -2.26. The molecule has 1 aromatic rings. The summed E-state index contributed by atoms with van der Waals surface area (Å²) in [6, 6.07) is 7.93. The number of nitrogen functional groups attached to an aromatic ring is 1. The minimum Gasteiger partial charge on any atom is -0.398 e. The van der Waals surface area contributed by atoms with Crippen LogP contribution in [0.3, 0.4) is 0 Å². The van der Waals surface area contributed by atoms with Gasteiger partial charge in [-0.1, -0.05) is 12.1 Å². The van der Waals surface area contributed by atoms with Gasteiger partial charge in [0.2, 0.25) is 0 Å². The summed E-state index contributed by atoms with van der Waals surface area (Å²) in [5, 5.41) is 0. The molecule has 2 aliphatic rings. The topological polar surface area (TPSA) is 49.6 Å². The van der Waals surface area contributed by atoms with Crippen molar-refractivity contribution in [3.63, 3.8) is 0 Å². The first kappa shape index (κ1) is 12.5. The van der Waals surface area contributed by atoms with Crippen molar-refractivity contribution >= 4 is 11.6 Å². The monoisotopic (exact) mass is 259 g/mol. The van der Waals surface area contributed by atoms with E-state index < -0.39 is 0 Å². The summed E-state index contributed by atoms with van der Waals surface area (Å²) in [4.78, 5) is 17.1. The zero-order chi connectivity index (χ0) is 13.2. The van der Waals surface area contributed by atoms with Crippen LogP contribution in [0.15, 0.2) is 24.3 Å². The minimum atomic E-state index is 0.0897. The van der Waals surface area contributed by atoms with Crippen LogP contribution in [-0.2, 0) is 0 Å². The summed E-state index contributed by atoms with van der Waals surface area (Å²) in [7, 11) is 0. The average molecular weight is 259 g/mol.